The molecule has 0 bridgehead atoms. The number of rotatable bonds is 7. The van der Waals surface area contributed by atoms with Crippen LogP contribution in [0.1, 0.15) is 34.2 Å². The van der Waals surface area contributed by atoms with Gasteiger partial charge in [-0.2, -0.15) is 0 Å². The standard InChI is InChI=1S/C32H35F2N3O3/c1-39-30-14-22-9-10-36(18-24(22)15-31(30)40-2)32(38)29-16-26(35-17-23-11-25(33)7-8-28(23)34)19-37(29)27-12-20-5-3-4-6-21(20)13-27/h3-8,11,14-15,26-27,29,35H,9-10,12-13,16-19H2,1-2H3/t26-,29-/m0/s1. The van der Waals surface area contributed by atoms with Crippen molar-refractivity contribution >= 4 is 5.91 Å². The first-order valence-electron chi connectivity index (χ1n) is 14.0. The van der Waals surface area contributed by atoms with E-state index in [1.54, 1.807) is 14.2 Å². The lowest BCUT2D eigenvalue weighted by Gasteiger charge is -2.36. The van der Waals surface area contributed by atoms with Crippen molar-refractivity contribution in [3.8, 4) is 11.5 Å². The van der Waals surface area contributed by atoms with Crippen molar-refractivity contribution < 1.29 is 23.0 Å². The number of hydrogen-bond donors (Lipinski definition) is 1. The highest BCUT2D eigenvalue weighted by molar-refractivity contribution is 5.83. The summed E-state index contributed by atoms with van der Waals surface area (Å²) in [6, 6.07) is 15.9. The Balaban J connectivity index is 1.21. The van der Waals surface area contributed by atoms with E-state index >= 15 is 0 Å². The highest BCUT2D eigenvalue weighted by Crippen LogP contribution is 2.35. The SMILES string of the molecule is COc1cc2c(cc1OC)CN(C(=O)[C@@H]1C[C@H](NCc3cc(F)ccc3F)CN1C1Cc3ccccc3C1)CC2. The van der Waals surface area contributed by atoms with Gasteiger partial charge in [0.05, 0.1) is 20.3 Å². The minimum Gasteiger partial charge on any atom is -0.493 e. The summed E-state index contributed by atoms with van der Waals surface area (Å²) in [4.78, 5) is 18.5. The van der Waals surface area contributed by atoms with E-state index in [4.69, 9.17) is 9.47 Å². The second kappa shape index (κ2) is 11.2. The largest absolute Gasteiger partial charge is 0.493 e. The fraction of sp³-hybridized carbons (Fsp3) is 0.406. The minimum atomic E-state index is -0.456. The molecule has 0 spiro atoms. The van der Waals surface area contributed by atoms with Gasteiger partial charge in [0.2, 0.25) is 5.91 Å². The monoisotopic (exact) mass is 547 g/mol. The Morgan fingerprint density at radius 2 is 1.65 bits per heavy atom. The Labute approximate surface area is 233 Å². The third-order valence-electron chi connectivity index (χ3n) is 8.74. The van der Waals surface area contributed by atoms with E-state index in [2.05, 4.69) is 34.5 Å². The molecule has 0 saturated carbocycles. The fourth-order valence-electron chi connectivity index (χ4n) is 6.64. The Morgan fingerprint density at radius 3 is 2.35 bits per heavy atom. The zero-order valence-corrected chi connectivity index (χ0v) is 23.0. The van der Waals surface area contributed by atoms with Crippen molar-refractivity contribution in [2.45, 2.75) is 56.9 Å². The number of amides is 1. The fourth-order valence-corrected chi connectivity index (χ4v) is 6.64. The van der Waals surface area contributed by atoms with Crippen LogP contribution in [0.5, 0.6) is 11.5 Å². The number of likely N-dealkylation sites (tertiary alicyclic amines) is 1. The smallest absolute Gasteiger partial charge is 0.240 e. The normalized spacial score (nSPS) is 20.9. The molecule has 1 N–H and O–H groups in total. The predicted octanol–water partition coefficient (Wildman–Crippen LogP) is 4.27. The Bertz CT molecular complexity index is 1390. The number of benzene rings is 3. The molecular formula is C32H35F2N3O3. The van der Waals surface area contributed by atoms with Gasteiger partial charge in [-0.05, 0) is 78.3 Å². The first-order chi connectivity index (χ1) is 19.4. The van der Waals surface area contributed by atoms with Crippen LogP contribution in [0.4, 0.5) is 8.78 Å². The molecule has 2 aliphatic heterocycles. The lowest BCUT2D eigenvalue weighted by atomic mass is 9.97. The van der Waals surface area contributed by atoms with Crippen molar-refractivity contribution in [1.82, 2.24) is 15.1 Å². The molecule has 6 nitrogen and oxygen atoms in total. The van der Waals surface area contributed by atoms with E-state index in [1.165, 1.54) is 22.8 Å². The van der Waals surface area contributed by atoms with Gasteiger partial charge in [0.25, 0.3) is 0 Å². The number of carbonyl (C=O) groups is 1. The van der Waals surface area contributed by atoms with Gasteiger partial charge in [0, 0.05) is 43.8 Å². The maximum Gasteiger partial charge on any atom is 0.240 e. The quantitative estimate of drug-likeness (QED) is 0.479. The van der Waals surface area contributed by atoms with Gasteiger partial charge in [-0.3, -0.25) is 9.69 Å². The highest BCUT2D eigenvalue weighted by Gasteiger charge is 2.43. The van der Waals surface area contributed by atoms with Crippen LogP contribution < -0.4 is 14.8 Å². The average molecular weight is 548 g/mol. The number of nitrogens with zero attached hydrogens (tertiary/aromatic N) is 2. The van der Waals surface area contributed by atoms with Gasteiger partial charge in [-0.25, -0.2) is 8.78 Å². The van der Waals surface area contributed by atoms with Crippen LogP contribution in [0.2, 0.25) is 0 Å². The summed E-state index contributed by atoms with van der Waals surface area (Å²) < 4.78 is 39.0. The molecule has 8 heteroatoms. The molecule has 3 aliphatic rings. The number of hydrogen-bond acceptors (Lipinski definition) is 5. The number of halogens is 2. The molecule has 0 aromatic heterocycles. The number of ether oxygens (including phenoxy) is 2. The van der Waals surface area contributed by atoms with Crippen LogP contribution in [-0.4, -0.2) is 61.1 Å². The van der Waals surface area contributed by atoms with E-state index < -0.39 is 11.6 Å². The zero-order chi connectivity index (χ0) is 27.8. The Morgan fingerprint density at radius 1 is 0.950 bits per heavy atom. The van der Waals surface area contributed by atoms with Gasteiger partial charge in [0.15, 0.2) is 11.5 Å². The van der Waals surface area contributed by atoms with Crippen molar-refractivity contribution in [2.75, 3.05) is 27.3 Å². The molecule has 3 aromatic carbocycles. The molecule has 6 rings (SSSR count). The van der Waals surface area contributed by atoms with Crippen molar-refractivity contribution in [3.05, 3.63) is 94.0 Å². The van der Waals surface area contributed by atoms with Gasteiger partial charge >= 0.3 is 0 Å². The van der Waals surface area contributed by atoms with Gasteiger partial charge < -0.3 is 19.7 Å². The summed E-state index contributed by atoms with van der Waals surface area (Å²) in [7, 11) is 3.25. The van der Waals surface area contributed by atoms with Crippen LogP contribution in [-0.2, 0) is 37.1 Å². The Kier molecular flexibility index (Phi) is 7.47. The van der Waals surface area contributed by atoms with Gasteiger partial charge in [-0.1, -0.05) is 24.3 Å². The first-order valence-corrected chi connectivity index (χ1v) is 14.0. The lowest BCUT2D eigenvalue weighted by Crippen LogP contribution is -2.50. The number of carbonyl (C=O) groups excluding carboxylic acids is 1. The first kappa shape index (κ1) is 26.7. The lowest BCUT2D eigenvalue weighted by molar-refractivity contribution is -0.137. The van der Waals surface area contributed by atoms with Gasteiger partial charge in [0.1, 0.15) is 11.6 Å². The predicted molar refractivity (Wildman–Crippen MR) is 148 cm³/mol. The highest BCUT2D eigenvalue weighted by atomic mass is 19.1. The van der Waals surface area contributed by atoms with Crippen LogP contribution in [0.3, 0.4) is 0 Å². The van der Waals surface area contributed by atoms with Crippen molar-refractivity contribution in [1.29, 1.82) is 0 Å². The second-order valence-electron chi connectivity index (χ2n) is 11.1. The number of methoxy groups -OCH3 is 2. The summed E-state index contributed by atoms with van der Waals surface area (Å²) in [5.74, 6) is 0.602. The summed E-state index contributed by atoms with van der Waals surface area (Å²) in [6.45, 7) is 2.06. The van der Waals surface area contributed by atoms with Crippen molar-refractivity contribution in [2.24, 2.45) is 0 Å². The summed E-state index contributed by atoms with van der Waals surface area (Å²) >= 11 is 0. The van der Waals surface area contributed by atoms with Crippen LogP contribution in [0.25, 0.3) is 0 Å². The molecule has 3 aromatic rings. The number of fused-ring (bicyclic) bond motifs is 2. The van der Waals surface area contributed by atoms with E-state index in [1.807, 2.05) is 17.0 Å². The maximum atomic E-state index is 14.3. The van der Waals surface area contributed by atoms with E-state index in [0.717, 1.165) is 37.0 Å². The molecule has 2 atom stereocenters. The topological polar surface area (TPSA) is 54.0 Å². The molecule has 1 saturated heterocycles. The number of nitrogens with one attached hydrogen (secondary N) is 1. The van der Waals surface area contributed by atoms with Crippen LogP contribution in [0, 0.1) is 11.6 Å². The molecule has 1 fully saturated rings. The third kappa shape index (κ3) is 5.18. The third-order valence-corrected chi connectivity index (χ3v) is 8.74. The molecule has 0 unspecified atom stereocenters. The van der Waals surface area contributed by atoms with E-state index in [-0.39, 0.29) is 30.6 Å². The molecule has 2 heterocycles. The van der Waals surface area contributed by atoms with Crippen LogP contribution in [0.15, 0.2) is 54.6 Å². The van der Waals surface area contributed by atoms with Crippen LogP contribution >= 0.6 is 0 Å². The molecule has 210 valence electrons. The Hall–Kier alpha value is -3.49. The molecule has 1 amide bonds. The van der Waals surface area contributed by atoms with E-state index in [9.17, 15) is 13.6 Å². The summed E-state index contributed by atoms with van der Waals surface area (Å²) in [5.41, 5.74) is 5.22. The molecule has 1 aliphatic carbocycles. The molecule has 40 heavy (non-hydrogen) atoms. The summed E-state index contributed by atoms with van der Waals surface area (Å²) in [5, 5.41) is 3.42. The van der Waals surface area contributed by atoms with E-state index in [0.29, 0.717) is 43.1 Å². The molecular weight excluding hydrogens is 512 g/mol. The minimum absolute atomic E-state index is 0.0123. The van der Waals surface area contributed by atoms with Crippen molar-refractivity contribution in [3.63, 3.8) is 0 Å². The molecule has 0 radical (unpaired) electrons. The average Bonchev–Trinajstić information content (AvgIpc) is 3.60. The maximum absolute atomic E-state index is 14.3. The zero-order valence-electron chi connectivity index (χ0n) is 23.0. The second-order valence-corrected chi connectivity index (χ2v) is 11.1. The van der Waals surface area contributed by atoms with Gasteiger partial charge in [-0.15, -0.1) is 0 Å². The summed E-state index contributed by atoms with van der Waals surface area (Å²) in [6.07, 6.45) is 3.19.